The lowest BCUT2D eigenvalue weighted by molar-refractivity contribution is 0.101. The molecular weight excluding hydrogens is 376 g/mol. The molecule has 3 aromatic carbocycles. The zero-order valence-electron chi connectivity index (χ0n) is 16.6. The van der Waals surface area contributed by atoms with Crippen molar-refractivity contribution in [2.24, 2.45) is 0 Å². The van der Waals surface area contributed by atoms with E-state index in [9.17, 15) is 9.59 Å². The second-order valence-corrected chi connectivity index (χ2v) is 7.00. The summed E-state index contributed by atoms with van der Waals surface area (Å²) in [6.45, 7) is 4.16. The molecule has 1 aromatic heterocycles. The molecule has 4 aromatic rings. The summed E-state index contributed by atoms with van der Waals surface area (Å²) < 4.78 is 0. The number of hydrogen-bond acceptors (Lipinski definition) is 4. The van der Waals surface area contributed by atoms with Crippen LogP contribution >= 0.6 is 0 Å². The molecule has 6 heteroatoms. The summed E-state index contributed by atoms with van der Waals surface area (Å²) in [6.07, 6.45) is 3.10. The molecule has 0 radical (unpaired) electrons. The van der Waals surface area contributed by atoms with E-state index in [1.807, 2.05) is 24.3 Å². The highest BCUT2D eigenvalue weighted by molar-refractivity contribution is 6.07. The van der Waals surface area contributed by atoms with Gasteiger partial charge < -0.3 is 5.32 Å². The van der Waals surface area contributed by atoms with Crippen LogP contribution in [0.25, 0.3) is 10.8 Å². The molecule has 2 N–H and O–H groups in total. The Morgan fingerprint density at radius 2 is 1.43 bits per heavy atom. The summed E-state index contributed by atoms with van der Waals surface area (Å²) in [6, 6.07) is 18.1. The van der Waals surface area contributed by atoms with Gasteiger partial charge in [-0.15, -0.1) is 0 Å². The predicted molar refractivity (Wildman–Crippen MR) is 118 cm³/mol. The van der Waals surface area contributed by atoms with E-state index in [0.29, 0.717) is 16.8 Å². The van der Waals surface area contributed by atoms with Crippen LogP contribution in [-0.2, 0) is 0 Å². The van der Waals surface area contributed by atoms with E-state index < -0.39 is 0 Å². The van der Waals surface area contributed by atoms with E-state index in [-0.39, 0.29) is 17.8 Å². The summed E-state index contributed by atoms with van der Waals surface area (Å²) in [5, 5.41) is 7.66. The Morgan fingerprint density at radius 1 is 0.767 bits per heavy atom. The number of hydrogen-bond donors (Lipinski definition) is 2. The van der Waals surface area contributed by atoms with Gasteiger partial charge in [-0.1, -0.05) is 18.2 Å². The van der Waals surface area contributed by atoms with E-state index in [0.717, 1.165) is 10.8 Å². The Kier molecular flexibility index (Phi) is 5.22. The highest BCUT2D eigenvalue weighted by Gasteiger charge is 2.11. The zero-order valence-corrected chi connectivity index (χ0v) is 16.6. The first-order valence-electron chi connectivity index (χ1n) is 9.51. The summed E-state index contributed by atoms with van der Waals surface area (Å²) >= 11 is 0. The van der Waals surface area contributed by atoms with Crippen LogP contribution in [0.1, 0.15) is 31.8 Å². The molecule has 148 valence electrons. The van der Waals surface area contributed by atoms with Crippen LogP contribution < -0.4 is 10.6 Å². The molecule has 0 bridgehead atoms. The van der Waals surface area contributed by atoms with Crippen molar-refractivity contribution in [3.63, 3.8) is 0 Å². The van der Waals surface area contributed by atoms with E-state index in [1.54, 1.807) is 42.7 Å². The molecule has 6 nitrogen and oxygen atoms in total. The lowest BCUT2D eigenvalue weighted by atomic mass is 9.99. The van der Waals surface area contributed by atoms with Gasteiger partial charge in [-0.05, 0) is 78.2 Å². The summed E-state index contributed by atoms with van der Waals surface area (Å²) in [4.78, 5) is 32.9. The van der Waals surface area contributed by atoms with Gasteiger partial charge in [0, 0.05) is 29.2 Å². The molecule has 0 unspecified atom stereocenters. The van der Waals surface area contributed by atoms with Gasteiger partial charge >= 0.3 is 0 Å². The highest BCUT2D eigenvalue weighted by atomic mass is 16.2. The van der Waals surface area contributed by atoms with Crippen molar-refractivity contribution in [3.05, 3.63) is 95.3 Å². The molecule has 0 spiro atoms. The summed E-state index contributed by atoms with van der Waals surface area (Å²) in [5.74, 6) is -0.286. The van der Waals surface area contributed by atoms with Gasteiger partial charge in [0.25, 0.3) is 11.8 Å². The number of rotatable bonds is 4. The monoisotopic (exact) mass is 396 g/mol. The lowest BCUT2D eigenvalue weighted by Crippen LogP contribution is -2.15. The van der Waals surface area contributed by atoms with E-state index in [4.69, 9.17) is 0 Å². The standard InChI is InChI=1S/C24H20N4O2/c1-15-4-5-18-14-19(8-11-21(18)16(15)2)23(30)27-20-9-6-17(7-10-20)22(29)28-24-25-12-3-13-26-24/h3-14H,1-2H3,(H,27,30)(H,25,26,28,29). The van der Waals surface area contributed by atoms with Crippen molar-refractivity contribution < 1.29 is 9.59 Å². The molecule has 4 rings (SSSR count). The first-order valence-corrected chi connectivity index (χ1v) is 9.51. The number of aryl methyl sites for hydroxylation is 2. The summed E-state index contributed by atoms with van der Waals surface area (Å²) in [7, 11) is 0. The van der Waals surface area contributed by atoms with E-state index in [1.165, 1.54) is 11.1 Å². The minimum atomic E-state index is -0.320. The smallest absolute Gasteiger partial charge is 0.258 e. The summed E-state index contributed by atoms with van der Waals surface area (Å²) in [5.41, 5.74) is 4.07. The maximum absolute atomic E-state index is 12.7. The van der Waals surface area contributed by atoms with Crippen molar-refractivity contribution in [2.45, 2.75) is 13.8 Å². The van der Waals surface area contributed by atoms with Gasteiger partial charge in [0.05, 0.1) is 0 Å². The molecule has 2 amide bonds. The molecule has 0 fully saturated rings. The Morgan fingerprint density at radius 3 is 2.17 bits per heavy atom. The van der Waals surface area contributed by atoms with Crippen LogP contribution in [0, 0.1) is 13.8 Å². The number of carbonyl (C=O) groups excluding carboxylic acids is 2. The number of nitrogens with one attached hydrogen (secondary N) is 2. The molecule has 0 aliphatic rings. The van der Waals surface area contributed by atoms with Gasteiger partial charge in [-0.25, -0.2) is 9.97 Å². The lowest BCUT2D eigenvalue weighted by Gasteiger charge is -2.09. The van der Waals surface area contributed by atoms with Gasteiger partial charge in [-0.2, -0.15) is 0 Å². The molecule has 1 heterocycles. The van der Waals surface area contributed by atoms with Crippen molar-refractivity contribution in [3.8, 4) is 0 Å². The van der Waals surface area contributed by atoms with E-state index >= 15 is 0 Å². The van der Waals surface area contributed by atoms with Crippen LogP contribution in [0.15, 0.2) is 73.1 Å². The molecule has 0 aliphatic carbocycles. The average molecular weight is 396 g/mol. The fourth-order valence-corrected chi connectivity index (χ4v) is 3.18. The number of carbonyl (C=O) groups is 2. The molecule has 0 atom stereocenters. The maximum Gasteiger partial charge on any atom is 0.258 e. The van der Waals surface area contributed by atoms with E-state index in [2.05, 4.69) is 40.5 Å². The van der Waals surface area contributed by atoms with Crippen molar-refractivity contribution >= 4 is 34.2 Å². The SMILES string of the molecule is Cc1ccc2cc(C(=O)Nc3ccc(C(=O)Nc4ncccn4)cc3)ccc2c1C. The first kappa shape index (κ1) is 19.3. The number of fused-ring (bicyclic) bond motifs is 1. The van der Waals surface area contributed by atoms with Crippen molar-refractivity contribution in [1.29, 1.82) is 0 Å². The van der Waals surface area contributed by atoms with Crippen molar-refractivity contribution in [1.82, 2.24) is 9.97 Å². The van der Waals surface area contributed by atoms with Gasteiger partial charge in [-0.3, -0.25) is 14.9 Å². The third kappa shape index (κ3) is 4.03. The number of benzene rings is 3. The Hall–Kier alpha value is -4.06. The molecule has 0 saturated heterocycles. The number of nitrogens with zero attached hydrogens (tertiary/aromatic N) is 2. The van der Waals surface area contributed by atoms with Crippen LogP contribution in [0.5, 0.6) is 0 Å². The maximum atomic E-state index is 12.7. The third-order valence-corrected chi connectivity index (χ3v) is 5.02. The Bertz CT molecular complexity index is 1240. The Labute approximate surface area is 174 Å². The van der Waals surface area contributed by atoms with Gasteiger partial charge in [0.1, 0.15) is 0 Å². The normalized spacial score (nSPS) is 10.6. The number of anilines is 2. The zero-order chi connectivity index (χ0) is 21.1. The molecule has 0 saturated carbocycles. The molecular formula is C24H20N4O2. The van der Waals surface area contributed by atoms with Crippen LogP contribution in [0.2, 0.25) is 0 Å². The predicted octanol–water partition coefficient (Wildman–Crippen LogP) is 4.75. The van der Waals surface area contributed by atoms with Crippen LogP contribution in [-0.4, -0.2) is 21.8 Å². The fraction of sp³-hybridized carbons (Fsp3) is 0.0833. The second-order valence-electron chi connectivity index (χ2n) is 7.00. The van der Waals surface area contributed by atoms with Gasteiger partial charge in [0.2, 0.25) is 5.95 Å². The Balaban J connectivity index is 1.46. The first-order chi connectivity index (χ1) is 14.5. The van der Waals surface area contributed by atoms with Crippen molar-refractivity contribution in [2.75, 3.05) is 10.6 Å². The minimum absolute atomic E-state index is 0.204. The van der Waals surface area contributed by atoms with Gasteiger partial charge in [0.15, 0.2) is 0 Å². The second kappa shape index (κ2) is 8.13. The molecule has 30 heavy (non-hydrogen) atoms. The number of aromatic nitrogens is 2. The fourth-order valence-electron chi connectivity index (χ4n) is 3.18. The minimum Gasteiger partial charge on any atom is -0.322 e. The van der Waals surface area contributed by atoms with Crippen LogP contribution in [0.4, 0.5) is 11.6 Å². The third-order valence-electron chi connectivity index (χ3n) is 5.02. The number of amides is 2. The topological polar surface area (TPSA) is 84.0 Å². The average Bonchev–Trinajstić information content (AvgIpc) is 2.77. The van der Waals surface area contributed by atoms with Crippen LogP contribution in [0.3, 0.4) is 0 Å². The molecule has 0 aliphatic heterocycles. The highest BCUT2D eigenvalue weighted by Crippen LogP contribution is 2.23. The largest absolute Gasteiger partial charge is 0.322 e. The quantitative estimate of drug-likeness (QED) is 0.521.